The van der Waals surface area contributed by atoms with Crippen molar-refractivity contribution in [2.45, 2.75) is 19.9 Å². The van der Waals surface area contributed by atoms with Crippen LogP contribution in [0.4, 0.5) is 5.69 Å². The first-order valence-corrected chi connectivity index (χ1v) is 7.40. The van der Waals surface area contributed by atoms with Gasteiger partial charge in [0, 0.05) is 12.2 Å². The van der Waals surface area contributed by atoms with Gasteiger partial charge in [0.25, 0.3) is 0 Å². The van der Waals surface area contributed by atoms with Crippen LogP contribution in [-0.4, -0.2) is 13.7 Å². The molecule has 1 N–H and O–H groups in total. The molecule has 0 saturated heterocycles. The predicted molar refractivity (Wildman–Crippen MR) is 87.6 cm³/mol. The van der Waals surface area contributed by atoms with Gasteiger partial charge in [0.1, 0.15) is 11.5 Å². The number of nitrogens with one attached hydrogen (secondary N) is 1. The molecule has 2 rings (SSSR count). The Morgan fingerprint density at radius 1 is 1.10 bits per heavy atom. The minimum Gasteiger partial charge on any atom is -0.495 e. The van der Waals surface area contributed by atoms with Crippen LogP contribution in [0.2, 0.25) is 5.02 Å². The standard InChI is InChI=1S/C17H20ClNO2/c1-3-10-21-15-7-5-14(6-8-15)19-12-13-4-9-17(20-2)16(18)11-13/h4-9,11,19H,3,10,12H2,1-2H3. The summed E-state index contributed by atoms with van der Waals surface area (Å²) in [4.78, 5) is 0. The molecule has 0 fully saturated rings. The minimum absolute atomic E-state index is 0.625. The van der Waals surface area contributed by atoms with Crippen LogP contribution in [0.3, 0.4) is 0 Å². The van der Waals surface area contributed by atoms with Gasteiger partial charge in [-0.15, -0.1) is 0 Å². The highest BCUT2D eigenvalue weighted by molar-refractivity contribution is 6.32. The number of hydrogen-bond donors (Lipinski definition) is 1. The van der Waals surface area contributed by atoms with Crippen LogP contribution in [0.25, 0.3) is 0 Å². The molecule has 0 saturated carbocycles. The predicted octanol–water partition coefficient (Wildman–Crippen LogP) is 4.75. The van der Waals surface area contributed by atoms with Crippen molar-refractivity contribution in [1.29, 1.82) is 0 Å². The highest BCUT2D eigenvalue weighted by Gasteiger charge is 2.02. The van der Waals surface area contributed by atoms with E-state index < -0.39 is 0 Å². The Morgan fingerprint density at radius 2 is 1.86 bits per heavy atom. The van der Waals surface area contributed by atoms with E-state index in [4.69, 9.17) is 21.1 Å². The summed E-state index contributed by atoms with van der Waals surface area (Å²) in [6.07, 6.45) is 1.01. The van der Waals surface area contributed by atoms with Gasteiger partial charge >= 0.3 is 0 Å². The van der Waals surface area contributed by atoms with Crippen LogP contribution in [0.15, 0.2) is 42.5 Å². The third kappa shape index (κ3) is 4.57. The van der Waals surface area contributed by atoms with Crippen molar-refractivity contribution in [2.24, 2.45) is 0 Å². The summed E-state index contributed by atoms with van der Waals surface area (Å²) in [6.45, 7) is 3.55. The lowest BCUT2D eigenvalue weighted by atomic mass is 10.2. The molecule has 0 aliphatic carbocycles. The Hall–Kier alpha value is -1.87. The van der Waals surface area contributed by atoms with Crippen molar-refractivity contribution < 1.29 is 9.47 Å². The van der Waals surface area contributed by atoms with Gasteiger partial charge in [-0.05, 0) is 48.4 Å². The summed E-state index contributed by atoms with van der Waals surface area (Å²) in [5.41, 5.74) is 2.15. The van der Waals surface area contributed by atoms with Gasteiger partial charge < -0.3 is 14.8 Å². The third-order valence-corrected chi connectivity index (χ3v) is 3.34. The van der Waals surface area contributed by atoms with E-state index in [1.165, 1.54) is 0 Å². The Kier molecular flexibility index (Phi) is 5.76. The molecular weight excluding hydrogens is 286 g/mol. The fraction of sp³-hybridized carbons (Fsp3) is 0.294. The van der Waals surface area contributed by atoms with Crippen LogP contribution in [0.5, 0.6) is 11.5 Å². The Morgan fingerprint density at radius 3 is 2.48 bits per heavy atom. The molecule has 0 unspecified atom stereocenters. The van der Waals surface area contributed by atoms with Gasteiger partial charge in [-0.2, -0.15) is 0 Å². The maximum atomic E-state index is 6.11. The van der Waals surface area contributed by atoms with Gasteiger partial charge in [-0.25, -0.2) is 0 Å². The number of anilines is 1. The first kappa shape index (κ1) is 15.5. The first-order chi connectivity index (χ1) is 10.2. The smallest absolute Gasteiger partial charge is 0.137 e. The third-order valence-electron chi connectivity index (χ3n) is 3.04. The fourth-order valence-corrected chi connectivity index (χ4v) is 2.19. The second kappa shape index (κ2) is 7.79. The van der Waals surface area contributed by atoms with Crippen molar-refractivity contribution >= 4 is 17.3 Å². The van der Waals surface area contributed by atoms with E-state index in [1.54, 1.807) is 7.11 Å². The fourth-order valence-electron chi connectivity index (χ4n) is 1.91. The molecule has 0 bridgehead atoms. The molecule has 0 heterocycles. The SMILES string of the molecule is CCCOc1ccc(NCc2ccc(OC)c(Cl)c2)cc1. The number of rotatable bonds is 7. The molecule has 0 amide bonds. The van der Waals surface area contributed by atoms with Crippen LogP contribution in [0, 0.1) is 0 Å². The molecule has 4 heteroatoms. The van der Waals surface area contributed by atoms with Crippen molar-refractivity contribution in [3.05, 3.63) is 53.1 Å². The van der Waals surface area contributed by atoms with Gasteiger partial charge in [0.2, 0.25) is 0 Å². The van der Waals surface area contributed by atoms with E-state index in [9.17, 15) is 0 Å². The average molecular weight is 306 g/mol. The molecule has 2 aromatic carbocycles. The first-order valence-electron chi connectivity index (χ1n) is 7.02. The maximum absolute atomic E-state index is 6.11. The Balaban J connectivity index is 1.92. The number of methoxy groups -OCH3 is 1. The van der Waals surface area contributed by atoms with E-state index in [-0.39, 0.29) is 0 Å². The highest BCUT2D eigenvalue weighted by atomic mass is 35.5. The van der Waals surface area contributed by atoms with E-state index >= 15 is 0 Å². The van der Waals surface area contributed by atoms with Crippen molar-refractivity contribution in [1.82, 2.24) is 0 Å². The molecule has 112 valence electrons. The zero-order valence-corrected chi connectivity index (χ0v) is 13.1. The molecule has 0 aliphatic heterocycles. The number of halogens is 1. The zero-order chi connectivity index (χ0) is 15.1. The second-order valence-electron chi connectivity index (χ2n) is 4.70. The Labute approximate surface area is 130 Å². The minimum atomic E-state index is 0.625. The molecule has 3 nitrogen and oxygen atoms in total. The van der Waals surface area contributed by atoms with Gasteiger partial charge in [-0.3, -0.25) is 0 Å². The van der Waals surface area contributed by atoms with Crippen LogP contribution >= 0.6 is 11.6 Å². The number of hydrogen-bond acceptors (Lipinski definition) is 3. The quantitative estimate of drug-likeness (QED) is 0.800. The lowest BCUT2D eigenvalue weighted by molar-refractivity contribution is 0.317. The summed E-state index contributed by atoms with van der Waals surface area (Å²) in [7, 11) is 1.61. The summed E-state index contributed by atoms with van der Waals surface area (Å²) in [6, 6.07) is 13.7. The van der Waals surface area contributed by atoms with Gasteiger partial charge in [-0.1, -0.05) is 24.6 Å². The summed E-state index contributed by atoms with van der Waals surface area (Å²) < 4.78 is 10.7. The lowest BCUT2D eigenvalue weighted by Crippen LogP contribution is -2.00. The second-order valence-corrected chi connectivity index (χ2v) is 5.10. The number of benzene rings is 2. The summed E-state index contributed by atoms with van der Waals surface area (Å²) >= 11 is 6.11. The highest BCUT2D eigenvalue weighted by Crippen LogP contribution is 2.25. The van der Waals surface area contributed by atoms with Crippen molar-refractivity contribution in [3.8, 4) is 11.5 Å². The summed E-state index contributed by atoms with van der Waals surface area (Å²) in [5, 5.41) is 3.98. The van der Waals surface area contributed by atoms with Crippen LogP contribution in [-0.2, 0) is 6.54 Å². The lowest BCUT2D eigenvalue weighted by Gasteiger charge is -2.10. The molecule has 0 atom stereocenters. The van der Waals surface area contributed by atoms with E-state index in [1.807, 2.05) is 42.5 Å². The topological polar surface area (TPSA) is 30.5 Å². The van der Waals surface area contributed by atoms with E-state index in [0.29, 0.717) is 17.3 Å². The largest absolute Gasteiger partial charge is 0.495 e. The molecule has 0 radical (unpaired) electrons. The average Bonchev–Trinajstić information content (AvgIpc) is 2.52. The molecule has 0 aromatic heterocycles. The zero-order valence-electron chi connectivity index (χ0n) is 12.4. The molecule has 2 aromatic rings. The summed E-state index contributed by atoms with van der Waals surface area (Å²) in [5.74, 6) is 1.59. The monoisotopic (exact) mass is 305 g/mol. The van der Waals surface area contributed by atoms with Crippen LogP contribution < -0.4 is 14.8 Å². The van der Waals surface area contributed by atoms with Crippen molar-refractivity contribution in [2.75, 3.05) is 19.0 Å². The normalized spacial score (nSPS) is 10.2. The van der Waals surface area contributed by atoms with Gasteiger partial charge in [0.15, 0.2) is 0 Å². The van der Waals surface area contributed by atoms with Gasteiger partial charge in [0.05, 0.1) is 18.7 Å². The van der Waals surface area contributed by atoms with Crippen LogP contribution in [0.1, 0.15) is 18.9 Å². The molecule has 0 aliphatic rings. The molecule has 21 heavy (non-hydrogen) atoms. The van der Waals surface area contributed by atoms with E-state index in [2.05, 4.69) is 12.2 Å². The van der Waals surface area contributed by atoms with Crippen molar-refractivity contribution in [3.63, 3.8) is 0 Å². The molecule has 0 spiro atoms. The maximum Gasteiger partial charge on any atom is 0.137 e. The molecular formula is C17H20ClNO2. The van der Waals surface area contributed by atoms with E-state index in [0.717, 1.165) is 30.0 Å². The Bertz CT molecular complexity index is 570. The number of ether oxygens (including phenoxy) is 2.